The van der Waals surface area contributed by atoms with Gasteiger partial charge in [0.15, 0.2) is 5.76 Å². The van der Waals surface area contributed by atoms with Crippen LogP contribution < -0.4 is 4.74 Å². The summed E-state index contributed by atoms with van der Waals surface area (Å²) in [6.07, 6.45) is 0. The molecule has 0 aliphatic rings. The molecule has 0 saturated heterocycles. The number of rotatable bonds is 3. The van der Waals surface area contributed by atoms with Gasteiger partial charge in [-0.05, 0) is 35.7 Å². The summed E-state index contributed by atoms with van der Waals surface area (Å²) in [6, 6.07) is 13.7. The number of nitrogens with zero attached hydrogens (tertiary/aromatic N) is 1. The van der Waals surface area contributed by atoms with Gasteiger partial charge in [-0.1, -0.05) is 11.2 Å². The molecule has 0 bridgehead atoms. The first kappa shape index (κ1) is 11.0. The Bertz CT molecular complexity index is 626. The highest BCUT2D eigenvalue weighted by Gasteiger charge is 2.09. The molecule has 0 unspecified atom stereocenters. The molecule has 0 spiro atoms. The number of ether oxygens (including phenoxy) is 1. The van der Waals surface area contributed by atoms with Crippen molar-refractivity contribution in [2.24, 2.45) is 0 Å². The normalized spacial score (nSPS) is 10.5. The zero-order chi connectivity index (χ0) is 12.4. The van der Waals surface area contributed by atoms with Crippen molar-refractivity contribution in [2.75, 3.05) is 7.11 Å². The lowest BCUT2D eigenvalue weighted by Gasteiger charge is -1.99. The molecule has 0 atom stereocenters. The molecule has 4 heteroatoms. The Morgan fingerprint density at radius 3 is 2.67 bits per heavy atom. The van der Waals surface area contributed by atoms with E-state index in [1.807, 2.05) is 47.8 Å². The summed E-state index contributed by atoms with van der Waals surface area (Å²) in [5, 5.41) is 6.11. The molecule has 1 aromatic carbocycles. The molecule has 2 aromatic heterocycles. The van der Waals surface area contributed by atoms with Crippen LogP contribution in [0.3, 0.4) is 0 Å². The van der Waals surface area contributed by atoms with Crippen molar-refractivity contribution >= 4 is 11.3 Å². The van der Waals surface area contributed by atoms with Gasteiger partial charge in [-0.2, -0.15) is 0 Å². The molecule has 3 aromatic rings. The van der Waals surface area contributed by atoms with Gasteiger partial charge in [-0.25, -0.2) is 0 Å². The molecule has 0 N–H and O–H groups in total. The molecule has 0 amide bonds. The summed E-state index contributed by atoms with van der Waals surface area (Å²) in [6.45, 7) is 0. The Kier molecular flexibility index (Phi) is 2.86. The van der Waals surface area contributed by atoms with E-state index >= 15 is 0 Å². The summed E-state index contributed by atoms with van der Waals surface area (Å²) >= 11 is 1.64. The highest BCUT2D eigenvalue weighted by Crippen LogP contribution is 2.29. The summed E-state index contributed by atoms with van der Waals surface area (Å²) in [7, 11) is 1.65. The molecule has 2 heterocycles. The second-order valence-corrected chi connectivity index (χ2v) is 4.73. The number of aromatic nitrogens is 1. The minimum atomic E-state index is 0.802. The maximum absolute atomic E-state index is 5.35. The minimum absolute atomic E-state index is 0.802. The maximum Gasteiger partial charge on any atom is 0.177 e. The van der Waals surface area contributed by atoms with E-state index in [0.717, 1.165) is 27.6 Å². The highest BCUT2D eigenvalue weighted by atomic mass is 32.1. The third kappa shape index (κ3) is 2.02. The van der Waals surface area contributed by atoms with Crippen LogP contribution in [0.25, 0.3) is 21.9 Å². The predicted octanol–water partition coefficient (Wildman–Crippen LogP) is 4.08. The lowest BCUT2D eigenvalue weighted by atomic mass is 10.1. The Hall–Kier alpha value is -2.07. The number of benzene rings is 1. The number of hydrogen-bond acceptors (Lipinski definition) is 4. The van der Waals surface area contributed by atoms with Crippen molar-refractivity contribution in [2.45, 2.75) is 0 Å². The van der Waals surface area contributed by atoms with Gasteiger partial charge in [0.05, 0.1) is 12.0 Å². The third-order valence-corrected chi connectivity index (χ3v) is 3.54. The summed E-state index contributed by atoms with van der Waals surface area (Å²) in [5.74, 6) is 1.64. The molecule has 0 aliphatic carbocycles. The van der Waals surface area contributed by atoms with Crippen molar-refractivity contribution in [3.05, 3.63) is 47.8 Å². The molecule has 3 rings (SSSR count). The summed E-state index contributed by atoms with van der Waals surface area (Å²) in [5.41, 5.74) is 1.85. The predicted molar refractivity (Wildman–Crippen MR) is 71.8 cm³/mol. The van der Waals surface area contributed by atoms with Gasteiger partial charge in [0.2, 0.25) is 0 Å². The molecule has 0 radical (unpaired) electrons. The van der Waals surface area contributed by atoms with E-state index in [4.69, 9.17) is 9.26 Å². The van der Waals surface area contributed by atoms with Crippen LogP contribution in [0.4, 0.5) is 0 Å². The van der Waals surface area contributed by atoms with E-state index in [1.165, 1.54) is 0 Å². The topological polar surface area (TPSA) is 35.3 Å². The Morgan fingerprint density at radius 2 is 2.00 bits per heavy atom. The summed E-state index contributed by atoms with van der Waals surface area (Å²) in [4.78, 5) is 1.09. The standard InChI is InChI=1S/C14H11NO2S/c1-16-11-6-4-10(5-7-11)12-9-13(17-15-12)14-3-2-8-18-14/h2-9H,1H3. The van der Waals surface area contributed by atoms with Crippen LogP contribution in [-0.2, 0) is 0 Å². The molecule has 0 fully saturated rings. The fraction of sp³-hybridized carbons (Fsp3) is 0.0714. The van der Waals surface area contributed by atoms with Crippen LogP contribution in [0.1, 0.15) is 0 Å². The van der Waals surface area contributed by atoms with Gasteiger partial charge in [0.25, 0.3) is 0 Å². The first-order valence-corrected chi connectivity index (χ1v) is 6.40. The molecule has 0 aliphatic heterocycles. The van der Waals surface area contributed by atoms with Crippen LogP contribution in [0, 0.1) is 0 Å². The van der Waals surface area contributed by atoms with E-state index in [0.29, 0.717) is 0 Å². The van der Waals surface area contributed by atoms with Gasteiger partial charge in [0.1, 0.15) is 11.4 Å². The van der Waals surface area contributed by atoms with E-state index in [2.05, 4.69) is 5.16 Å². The monoisotopic (exact) mass is 257 g/mol. The fourth-order valence-corrected chi connectivity index (χ4v) is 2.38. The zero-order valence-electron chi connectivity index (χ0n) is 9.79. The Morgan fingerprint density at radius 1 is 1.17 bits per heavy atom. The first-order chi connectivity index (χ1) is 8.86. The molecule has 0 saturated carbocycles. The SMILES string of the molecule is COc1ccc(-c2cc(-c3cccs3)on2)cc1. The van der Waals surface area contributed by atoms with Crippen LogP contribution in [0.15, 0.2) is 52.4 Å². The van der Waals surface area contributed by atoms with Gasteiger partial charge in [0, 0.05) is 11.6 Å². The average Bonchev–Trinajstić information content (AvgIpc) is 3.09. The second kappa shape index (κ2) is 4.66. The fourth-order valence-electron chi connectivity index (χ4n) is 1.71. The highest BCUT2D eigenvalue weighted by molar-refractivity contribution is 7.13. The van der Waals surface area contributed by atoms with E-state index < -0.39 is 0 Å². The van der Waals surface area contributed by atoms with Gasteiger partial charge >= 0.3 is 0 Å². The quantitative estimate of drug-likeness (QED) is 0.709. The Balaban J connectivity index is 1.92. The molecular formula is C14H11NO2S. The third-order valence-electron chi connectivity index (χ3n) is 2.66. The smallest absolute Gasteiger partial charge is 0.177 e. The van der Waals surface area contributed by atoms with Crippen molar-refractivity contribution < 1.29 is 9.26 Å². The van der Waals surface area contributed by atoms with Crippen molar-refractivity contribution in [3.63, 3.8) is 0 Å². The minimum Gasteiger partial charge on any atom is -0.497 e. The molecule has 18 heavy (non-hydrogen) atoms. The van der Waals surface area contributed by atoms with Gasteiger partial charge in [-0.15, -0.1) is 11.3 Å². The van der Waals surface area contributed by atoms with Crippen molar-refractivity contribution in [1.29, 1.82) is 0 Å². The van der Waals surface area contributed by atoms with E-state index in [9.17, 15) is 0 Å². The molecular weight excluding hydrogens is 246 g/mol. The number of hydrogen-bond donors (Lipinski definition) is 0. The molecule has 3 nitrogen and oxygen atoms in total. The molecule has 90 valence electrons. The zero-order valence-corrected chi connectivity index (χ0v) is 10.6. The summed E-state index contributed by atoms with van der Waals surface area (Å²) < 4.78 is 10.5. The Labute approximate surface area is 109 Å². The number of methoxy groups -OCH3 is 1. The lowest BCUT2D eigenvalue weighted by molar-refractivity contribution is 0.415. The van der Waals surface area contributed by atoms with E-state index in [1.54, 1.807) is 18.4 Å². The van der Waals surface area contributed by atoms with Gasteiger partial charge in [-0.3, -0.25) is 0 Å². The average molecular weight is 257 g/mol. The first-order valence-electron chi connectivity index (χ1n) is 5.52. The largest absolute Gasteiger partial charge is 0.497 e. The second-order valence-electron chi connectivity index (χ2n) is 3.78. The lowest BCUT2D eigenvalue weighted by Crippen LogP contribution is -1.82. The maximum atomic E-state index is 5.35. The van der Waals surface area contributed by atoms with Crippen LogP contribution >= 0.6 is 11.3 Å². The van der Waals surface area contributed by atoms with Crippen molar-refractivity contribution in [1.82, 2.24) is 5.16 Å². The van der Waals surface area contributed by atoms with Crippen LogP contribution in [0.2, 0.25) is 0 Å². The van der Waals surface area contributed by atoms with Crippen molar-refractivity contribution in [3.8, 4) is 27.6 Å². The van der Waals surface area contributed by atoms with Gasteiger partial charge < -0.3 is 9.26 Å². The van der Waals surface area contributed by atoms with Crippen LogP contribution in [0.5, 0.6) is 5.75 Å². The van der Waals surface area contributed by atoms with E-state index in [-0.39, 0.29) is 0 Å². The number of thiophene rings is 1. The van der Waals surface area contributed by atoms with Crippen LogP contribution in [-0.4, -0.2) is 12.3 Å².